The van der Waals surface area contributed by atoms with E-state index in [9.17, 15) is 0 Å². The molecule has 0 radical (unpaired) electrons. The van der Waals surface area contributed by atoms with Gasteiger partial charge >= 0.3 is 0 Å². The van der Waals surface area contributed by atoms with Gasteiger partial charge in [-0.2, -0.15) is 15.4 Å². The summed E-state index contributed by atoms with van der Waals surface area (Å²) in [4.78, 5) is 0. The van der Waals surface area contributed by atoms with Crippen LogP contribution in [0.15, 0.2) is 28.9 Å². The van der Waals surface area contributed by atoms with Crippen molar-refractivity contribution >= 4 is 15.9 Å². The number of aromatic amines is 1. The molecule has 2 aromatic rings. The molecule has 1 aromatic carbocycles. The summed E-state index contributed by atoms with van der Waals surface area (Å²) in [5.41, 5.74) is 2.23. The summed E-state index contributed by atoms with van der Waals surface area (Å²) in [6.45, 7) is 2.65. The highest BCUT2D eigenvalue weighted by atomic mass is 79.9. The minimum atomic E-state index is 0.677. The van der Waals surface area contributed by atoms with Crippen LogP contribution in [-0.2, 0) is 12.8 Å². The van der Waals surface area contributed by atoms with E-state index in [1.165, 1.54) is 5.56 Å². The molecule has 0 saturated carbocycles. The van der Waals surface area contributed by atoms with Crippen LogP contribution in [-0.4, -0.2) is 22.0 Å². The second-order valence-corrected chi connectivity index (χ2v) is 4.51. The lowest BCUT2D eigenvalue weighted by molar-refractivity contribution is 0.338. The number of ether oxygens (including phenoxy) is 1. The summed E-state index contributed by atoms with van der Waals surface area (Å²) in [5.74, 6) is 0.887. The quantitative estimate of drug-likeness (QED) is 0.923. The van der Waals surface area contributed by atoms with Crippen LogP contribution in [0.5, 0.6) is 5.75 Å². The van der Waals surface area contributed by atoms with Gasteiger partial charge in [0.1, 0.15) is 5.75 Å². The minimum Gasteiger partial charge on any atom is -0.493 e. The Morgan fingerprint density at radius 3 is 2.88 bits per heavy atom. The van der Waals surface area contributed by atoms with Crippen molar-refractivity contribution < 1.29 is 4.74 Å². The van der Waals surface area contributed by atoms with Crippen molar-refractivity contribution in [3.05, 3.63) is 40.1 Å². The Morgan fingerprint density at radius 1 is 1.35 bits per heavy atom. The van der Waals surface area contributed by atoms with Crippen molar-refractivity contribution in [2.24, 2.45) is 0 Å². The second kappa shape index (κ2) is 5.82. The van der Waals surface area contributed by atoms with Crippen LogP contribution < -0.4 is 4.74 Å². The summed E-state index contributed by atoms with van der Waals surface area (Å²) in [5, 5.41) is 10.4. The molecule has 0 aliphatic rings. The highest BCUT2D eigenvalue weighted by Gasteiger charge is 2.03. The van der Waals surface area contributed by atoms with E-state index < -0.39 is 0 Å². The number of hydrogen-bond acceptors (Lipinski definition) is 3. The zero-order valence-corrected chi connectivity index (χ0v) is 11.2. The summed E-state index contributed by atoms with van der Waals surface area (Å²) >= 11 is 3.51. The molecule has 1 N–H and O–H groups in total. The van der Waals surface area contributed by atoms with Crippen molar-refractivity contribution in [2.75, 3.05) is 6.61 Å². The molecule has 0 saturated heterocycles. The van der Waals surface area contributed by atoms with Gasteiger partial charge in [0, 0.05) is 0 Å². The Balaban J connectivity index is 2.00. The molecule has 0 atom stereocenters. The molecule has 0 unspecified atom stereocenters. The molecule has 90 valence electrons. The van der Waals surface area contributed by atoms with Crippen molar-refractivity contribution in [1.29, 1.82) is 0 Å². The van der Waals surface area contributed by atoms with Gasteiger partial charge in [0.05, 0.1) is 23.0 Å². The molecule has 0 aliphatic heterocycles. The molecular weight excluding hydrogens is 282 g/mol. The van der Waals surface area contributed by atoms with Crippen molar-refractivity contribution in [1.82, 2.24) is 15.4 Å². The molecule has 4 nitrogen and oxygen atoms in total. The number of nitrogens with zero attached hydrogens (tertiary/aromatic N) is 2. The highest BCUT2D eigenvalue weighted by Crippen LogP contribution is 2.26. The molecule has 0 spiro atoms. The van der Waals surface area contributed by atoms with Crippen LogP contribution in [0.3, 0.4) is 0 Å². The van der Waals surface area contributed by atoms with Crippen LogP contribution in [0, 0.1) is 0 Å². The maximum absolute atomic E-state index is 5.47. The molecule has 0 fully saturated rings. The summed E-state index contributed by atoms with van der Waals surface area (Å²) in [6, 6.07) is 6.16. The van der Waals surface area contributed by atoms with Gasteiger partial charge in [0.2, 0.25) is 0 Å². The Kier molecular flexibility index (Phi) is 4.14. The summed E-state index contributed by atoms with van der Waals surface area (Å²) in [7, 11) is 0. The predicted molar refractivity (Wildman–Crippen MR) is 69.1 cm³/mol. The average Bonchev–Trinajstić information content (AvgIpc) is 2.83. The standard InChI is InChI=1S/C12H14BrN3O/c1-2-17-12-6-4-9(7-11(12)13)3-5-10-8-14-16-15-10/h4,6-8H,2-3,5H2,1H3,(H,14,15,16). The lowest BCUT2D eigenvalue weighted by Crippen LogP contribution is -1.95. The van der Waals surface area contributed by atoms with E-state index in [-0.39, 0.29) is 0 Å². The fraction of sp³-hybridized carbons (Fsp3) is 0.333. The summed E-state index contributed by atoms with van der Waals surface area (Å²) in [6.07, 6.45) is 3.58. The van der Waals surface area contributed by atoms with Crippen LogP contribution in [0.25, 0.3) is 0 Å². The number of halogens is 1. The van der Waals surface area contributed by atoms with Gasteiger partial charge in [-0.3, -0.25) is 0 Å². The van der Waals surface area contributed by atoms with E-state index in [4.69, 9.17) is 4.74 Å². The number of hydrogen-bond donors (Lipinski definition) is 1. The topological polar surface area (TPSA) is 50.8 Å². The van der Waals surface area contributed by atoms with E-state index >= 15 is 0 Å². The lowest BCUT2D eigenvalue weighted by Gasteiger charge is -2.07. The summed E-state index contributed by atoms with van der Waals surface area (Å²) < 4.78 is 6.47. The average molecular weight is 296 g/mol. The van der Waals surface area contributed by atoms with Gasteiger partial charge in [0.25, 0.3) is 0 Å². The normalized spacial score (nSPS) is 10.5. The van der Waals surface area contributed by atoms with Gasteiger partial charge in [-0.1, -0.05) is 6.07 Å². The zero-order valence-electron chi connectivity index (χ0n) is 9.61. The second-order valence-electron chi connectivity index (χ2n) is 3.66. The van der Waals surface area contributed by atoms with E-state index in [1.54, 1.807) is 6.20 Å². The highest BCUT2D eigenvalue weighted by molar-refractivity contribution is 9.10. The van der Waals surface area contributed by atoms with Crippen LogP contribution in [0.1, 0.15) is 18.2 Å². The van der Waals surface area contributed by atoms with E-state index in [0.29, 0.717) is 6.61 Å². The minimum absolute atomic E-state index is 0.677. The molecule has 2 rings (SSSR count). The van der Waals surface area contributed by atoms with E-state index in [1.807, 2.05) is 13.0 Å². The SMILES string of the molecule is CCOc1ccc(CCc2cn[nH]n2)cc1Br. The molecule has 0 amide bonds. The zero-order chi connectivity index (χ0) is 12.1. The largest absolute Gasteiger partial charge is 0.493 e. The van der Waals surface area contributed by atoms with Gasteiger partial charge in [-0.25, -0.2) is 0 Å². The Labute approximate surface area is 109 Å². The lowest BCUT2D eigenvalue weighted by atomic mass is 10.1. The Morgan fingerprint density at radius 2 is 2.24 bits per heavy atom. The van der Waals surface area contributed by atoms with Crippen molar-refractivity contribution in [3.63, 3.8) is 0 Å². The molecule has 1 heterocycles. The first-order chi connectivity index (χ1) is 8.29. The van der Waals surface area contributed by atoms with Gasteiger partial charge in [-0.05, 0) is 53.4 Å². The fourth-order valence-corrected chi connectivity index (χ4v) is 2.13. The third-order valence-electron chi connectivity index (χ3n) is 2.43. The van der Waals surface area contributed by atoms with Crippen molar-refractivity contribution in [3.8, 4) is 5.75 Å². The maximum Gasteiger partial charge on any atom is 0.133 e. The third-order valence-corrected chi connectivity index (χ3v) is 3.05. The first-order valence-corrected chi connectivity index (χ1v) is 6.34. The Bertz CT molecular complexity index is 471. The predicted octanol–water partition coefficient (Wildman–Crippen LogP) is 2.75. The number of aryl methyl sites for hydroxylation is 2. The Hall–Kier alpha value is -1.36. The number of aromatic nitrogens is 3. The monoisotopic (exact) mass is 295 g/mol. The number of H-pyrrole nitrogens is 1. The van der Waals surface area contributed by atoms with E-state index in [2.05, 4.69) is 43.5 Å². The smallest absolute Gasteiger partial charge is 0.133 e. The van der Waals surface area contributed by atoms with Gasteiger partial charge in [-0.15, -0.1) is 0 Å². The molecule has 5 heteroatoms. The van der Waals surface area contributed by atoms with Crippen LogP contribution in [0.4, 0.5) is 0 Å². The number of rotatable bonds is 5. The molecule has 17 heavy (non-hydrogen) atoms. The third kappa shape index (κ3) is 3.30. The number of nitrogens with one attached hydrogen (secondary N) is 1. The van der Waals surface area contributed by atoms with Crippen LogP contribution in [0.2, 0.25) is 0 Å². The first-order valence-electron chi connectivity index (χ1n) is 5.55. The fourth-order valence-electron chi connectivity index (χ4n) is 1.59. The number of benzene rings is 1. The van der Waals surface area contributed by atoms with Crippen LogP contribution >= 0.6 is 15.9 Å². The van der Waals surface area contributed by atoms with Gasteiger partial charge in [0.15, 0.2) is 0 Å². The molecule has 0 aliphatic carbocycles. The van der Waals surface area contributed by atoms with Gasteiger partial charge < -0.3 is 4.74 Å². The molecular formula is C12H14BrN3O. The van der Waals surface area contributed by atoms with Crippen molar-refractivity contribution in [2.45, 2.75) is 19.8 Å². The maximum atomic E-state index is 5.47. The molecule has 1 aromatic heterocycles. The first kappa shape index (κ1) is 12.1. The molecule has 0 bridgehead atoms. The van der Waals surface area contributed by atoms with E-state index in [0.717, 1.165) is 28.8 Å².